The molecule has 0 N–H and O–H groups in total. The molecule has 0 spiro atoms. The number of carbonyl (C=O) groups is 1. The Balaban J connectivity index is 1.96. The van der Waals surface area contributed by atoms with Crippen LogP contribution in [0.3, 0.4) is 0 Å². The second-order valence-corrected chi connectivity index (χ2v) is 5.02. The van der Waals surface area contributed by atoms with Crippen molar-refractivity contribution in [3.8, 4) is 0 Å². The van der Waals surface area contributed by atoms with Crippen LogP contribution in [0.15, 0.2) is 58.9 Å². The summed E-state index contributed by atoms with van der Waals surface area (Å²) in [5.41, 5.74) is 0. The Bertz CT molecular complexity index is 439. The molecule has 0 atom stereocenters. The average Bonchev–Trinajstić information content (AvgIpc) is 2.40. The summed E-state index contributed by atoms with van der Waals surface area (Å²) in [4.78, 5) is 15.5. The third-order valence-corrected chi connectivity index (χ3v) is 3.50. The number of nitrogens with zero attached hydrogens (tertiary/aromatic N) is 1. The largest absolute Gasteiger partial charge is 0.334 e. The highest BCUT2D eigenvalue weighted by Gasteiger charge is 2.17. The Kier molecular flexibility index (Phi) is 4.04. The van der Waals surface area contributed by atoms with Crippen LogP contribution in [0.1, 0.15) is 6.42 Å². The summed E-state index contributed by atoms with van der Waals surface area (Å²) in [5, 5.41) is 0. The maximum absolute atomic E-state index is 12.1. The van der Waals surface area contributed by atoms with Gasteiger partial charge < -0.3 is 4.90 Å². The second-order valence-electron chi connectivity index (χ2n) is 3.85. The van der Waals surface area contributed by atoms with Gasteiger partial charge in [-0.2, -0.15) is 0 Å². The highest BCUT2D eigenvalue weighted by atomic mass is 32.2. The molecule has 88 valence electrons. The lowest BCUT2D eigenvalue weighted by Gasteiger charge is -2.23. The van der Waals surface area contributed by atoms with Gasteiger partial charge >= 0.3 is 0 Å². The zero-order chi connectivity index (χ0) is 12.1. The highest BCUT2D eigenvalue weighted by molar-refractivity contribution is 8.04. The van der Waals surface area contributed by atoms with Gasteiger partial charge in [-0.15, -0.1) is 0 Å². The SMILES string of the molecule is C=C(Sc1ccccc1)C(=O)N1CC=CCC1. The third kappa shape index (κ3) is 3.24. The van der Waals surface area contributed by atoms with Gasteiger partial charge in [0.1, 0.15) is 0 Å². The number of carbonyl (C=O) groups excluding carboxylic acids is 1. The number of hydrogen-bond acceptors (Lipinski definition) is 2. The van der Waals surface area contributed by atoms with Crippen molar-refractivity contribution < 1.29 is 4.79 Å². The molecule has 1 aromatic rings. The molecule has 2 nitrogen and oxygen atoms in total. The fourth-order valence-corrected chi connectivity index (χ4v) is 2.47. The molecule has 0 saturated carbocycles. The summed E-state index contributed by atoms with van der Waals surface area (Å²) in [5.74, 6) is 0.0446. The highest BCUT2D eigenvalue weighted by Crippen LogP contribution is 2.26. The predicted molar refractivity (Wildman–Crippen MR) is 71.8 cm³/mol. The van der Waals surface area contributed by atoms with Crippen LogP contribution in [0.25, 0.3) is 0 Å². The van der Waals surface area contributed by atoms with Crippen molar-refractivity contribution in [1.29, 1.82) is 0 Å². The molecule has 0 unspecified atom stereocenters. The summed E-state index contributed by atoms with van der Waals surface area (Å²) < 4.78 is 0. The Morgan fingerprint density at radius 2 is 2.00 bits per heavy atom. The van der Waals surface area contributed by atoms with Gasteiger partial charge in [0.25, 0.3) is 5.91 Å². The third-order valence-electron chi connectivity index (χ3n) is 2.57. The fourth-order valence-electron chi connectivity index (χ4n) is 1.68. The van der Waals surface area contributed by atoms with Crippen molar-refractivity contribution in [3.05, 3.63) is 54.0 Å². The van der Waals surface area contributed by atoms with E-state index in [1.165, 1.54) is 11.8 Å². The van der Waals surface area contributed by atoms with Crippen LogP contribution in [-0.4, -0.2) is 23.9 Å². The summed E-state index contributed by atoms with van der Waals surface area (Å²) in [6.45, 7) is 5.37. The van der Waals surface area contributed by atoms with E-state index in [4.69, 9.17) is 0 Å². The van der Waals surface area contributed by atoms with Gasteiger partial charge in [-0.25, -0.2) is 0 Å². The van der Waals surface area contributed by atoms with E-state index in [9.17, 15) is 4.79 Å². The van der Waals surface area contributed by atoms with Crippen LogP contribution in [0.2, 0.25) is 0 Å². The summed E-state index contributed by atoms with van der Waals surface area (Å²) in [6, 6.07) is 9.86. The molecule has 0 bridgehead atoms. The smallest absolute Gasteiger partial charge is 0.260 e. The first-order valence-corrected chi connectivity index (χ1v) is 6.45. The van der Waals surface area contributed by atoms with E-state index in [2.05, 4.69) is 12.7 Å². The predicted octanol–water partition coefficient (Wildman–Crippen LogP) is 3.08. The first-order valence-electron chi connectivity index (χ1n) is 5.63. The number of thioether (sulfide) groups is 1. The Hall–Kier alpha value is -1.48. The molecule has 0 saturated heterocycles. The van der Waals surface area contributed by atoms with Gasteiger partial charge in [-0.05, 0) is 18.6 Å². The molecule has 1 amide bonds. The van der Waals surface area contributed by atoms with Crippen molar-refractivity contribution in [1.82, 2.24) is 4.90 Å². The van der Waals surface area contributed by atoms with Crippen molar-refractivity contribution in [3.63, 3.8) is 0 Å². The van der Waals surface area contributed by atoms with Gasteiger partial charge in [-0.3, -0.25) is 4.79 Å². The van der Waals surface area contributed by atoms with Crippen LogP contribution in [-0.2, 0) is 4.79 Å². The zero-order valence-electron chi connectivity index (χ0n) is 9.63. The summed E-state index contributed by atoms with van der Waals surface area (Å²) >= 11 is 1.44. The van der Waals surface area contributed by atoms with Gasteiger partial charge in [0.05, 0.1) is 4.91 Å². The Morgan fingerprint density at radius 1 is 1.24 bits per heavy atom. The number of amides is 1. The Labute approximate surface area is 106 Å². The summed E-state index contributed by atoms with van der Waals surface area (Å²) in [6.07, 6.45) is 5.08. The standard InChI is InChI=1S/C14H15NOS/c1-12(17-13-8-4-2-5-9-13)14(16)15-10-6-3-7-11-15/h2-6,8-9H,1,7,10-11H2. The van der Waals surface area contributed by atoms with Crippen LogP contribution in [0.5, 0.6) is 0 Å². The minimum Gasteiger partial charge on any atom is -0.334 e. The number of rotatable bonds is 3. The Morgan fingerprint density at radius 3 is 2.65 bits per heavy atom. The van der Waals surface area contributed by atoms with Crippen molar-refractivity contribution in [2.45, 2.75) is 11.3 Å². The summed E-state index contributed by atoms with van der Waals surface area (Å²) in [7, 11) is 0. The molecule has 0 radical (unpaired) electrons. The average molecular weight is 245 g/mol. The van der Waals surface area contributed by atoms with Gasteiger partial charge in [0.15, 0.2) is 0 Å². The van der Waals surface area contributed by atoms with Crippen molar-refractivity contribution >= 4 is 17.7 Å². The normalized spacial score (nSPS) is 14.7. The quantitative estimate of drug-likeness (QED) is 0.463. The zero-order valence-corrected chi connectivity index (χ0v) is 10.5. The topological polar surface area (TPSA) is 20.3 Å². The van der Waals surface area contributed by atoms with E-state index in [0.717, 1.165) is 17.9 Å². The molecule has 0 fully saturated rings. The molecular weight excluding hydrogens is 230 g/mol. The van der Waals surface area contributed by atoms with Crippen molar-refractivity contribution in [2.75, 3.05) is 13.1 Å². The van der Waals surface area contributed by atoms with E-state index in [1.54, 1.807) is 0 Å². The first-order chi connectivity index (χ1) is 8.27. The van der Waals surface area contributed by atoms with E-state index in [-0.39, 0.29) is 5.91 Å². The van der Waals surface area contributed by atoms with Crippen LogP contribution >= 0.6 is 11.8 Å². The van der Waals surface area contributed by atoms with Crippen LogP contribution < -0.4 is 0 Å². The maximum Gasteiger partial charge on any atom is 0.260 e. The molecule has 0 aliphatic carbocycles. The van der Waals surface area contributed by atoms with E-state index in [1.807, 2.05) is 41.3 Å². The molecule has 0 aromatic heterocycles. The van der Waals surface area contributed by atoms with Crippen molar-refractivity contribution in [2.24, 2.45) is 0 Å². The second kappa shape index (κ2) is 5.73. The molecule has 1 aliphatic rings. The molecule has 17 heavy (non-hydrogen) atoms. The van der Waals surface area contributed by atoms with E-state index < -0.39 is 0 Å². The van der Waals surface area contributed by atoms with Crippen LogP contribution in [0, 0.1) is 0 Å². The number of hydrogen-bond donors (Lipinski definition) is 0. The van der Waals surface area contributed by atoms with Gasteiger partial charge in [-0.1, -0.05) is 48.7 Å². The van der Waals surface area contributed by atoms with Gasteiger partial charge in [0, 0.05) is 18.0 Å². The van der Waals surface area contributed by atoms with E-state index in [0.29, 0.717) is 11.4 Å². The molecule has 3 heteroatoms. The molecule has 1 heterocycles. The maximum atomic E-state index is 12.1. The molecule has 1 aliphatic heterocycles. The lowest BCUT2D eigenvalue weighted by atomic mass is 10.2. The van der Waals surface area contributed by atoms with Crippen LogP contribution in [0.4, 0.5) is 0 Å². The molecule has 1 aromatic carbocycles. The molecular formula is C14H15NOS. The number of benzene rings is 1. The first kappa shape index (κ1) is 12.0. The minimum absolute atomic E-state index is 0.0446. The molecule has 2 rings (SSSR count). The lowest BCUT2D eigenvalue weighted by Crippen LogP contribution is -2.33. The fraction of sp³-hybridized carbons (Fsp3) is 0.214. The van der Waals surface area contributed by atoms with Gasteiger partial charge in [0.2, 0.25) is 0 Å². The van der Waals surface area contributed by atoms with E-state index >= 15 is 0 Å². The lowest BCUT2D eigenvalue weighted by molar-refractivity contribution is -0.126. The monoisotopic (exact) mass is 245 g/mol. The minimum atomic E-state index is 0.0446.